The summed E-state index contributed by atoms with van der Waals surface area (Å²) in [5.74, 6) is 1.32. The number of methoxy groups -OCH3 is 1. The molecule has 0 bridgehead atoms. The summed E-state index contributed by atoms with van der Waals surface area (Å²) in [5.41, 5.74) is 2.27. The summed E-state index contributed by atoms with van der Waals surface area (Å²) in [4.78, 5) is 14.0. The van der Waals surface area contributed by atoms with Crippen LogP contribution >= 0.6 is 0 Å². The fourth-order valence-electron chi connectivity index (χ4n) is 2.54. The first kappa shape index (κ1) is 14.9. The lowest BCUT2D eigenvalue weighted by atomic mass is 10.1. The Hall–Kier alpha value is -1.55. The molecule has 1 saturated heterocycles. The quantitative estimate of drug-likeness (QED) is 0.828. The van der Waals surface area contributed by atoms with Gasteiger partial charge in [0.25, 0.3) is 5.91 Å². The average Bonchev–Trinajstić information content (AvgIpc) is 2.89. The molecule has 1 aromatic rings. The molecule has 110 valence electrons. The monoisotopic (exact) mass is 277 g/mol. The second-order valence-electron chi connectivity index (χ2n) is 5.44. The van der Waals surface area contributed by atoms with Crippen LogP contribution in [0.25, 0.3) is 0 Å². The Morgan fingerprint density at radius 1 is 1.40 bits per heavy atom. The van der Waals surface area contributed by atoms with Crippen molar-refractivity contribution in [2.45, 2.75) is 20.3 Å². The van der Waals surface area contributed by atoms with Crippen LogP contribution in [0.1, 0.15) is 17.5 Å². The van der Waals surface area contributed by atoms with Crippen LogP contribution in [0.3, 0.4) is 0 Å². The van der Waals surface area contributed by atoms with E-state index in [1.165, 1.54) is 5.56 Å². The van der Waals surface area contributed by atoms with Crippen LogP contribution in [-0.2, 0) is 9.53 Å². The van der Waals surface area contributed by atoms with Crippen LogP contribution in [0, 0.1) is 19.8 Å². The van der Waals surface area contributed by atoms with Crippen molar-refractivity contribution < 1.29 is 14.3 Å². The van der Waals surface area contributed by atoms with Gasteiger partial charge in [-0.1, -0.05) is 12.1 Å². The molecule has 4 heteroatoms. The van der Waals surface area contributed by atoms with E-state index in [1.54, 1.807) is 7.11 Å². The van der Waals surface area contributed by atoms with Crippen molar-refractivity contribution in [2.75, 3.05) is 33.4 Å². The summed E-state index contributed by atoms with van der Waals surface area (Å²) in [6.45, 7) is 6.48. The van der Waals surface area contributed by atoms with E-state index < -0.39 is 0 Å². The van der Waals surface area contributed by atoms with E-state index in [0.29, 0.717) is 5.92 Å². The average molecular weight is 277 g/mol. The van der Waals surface area contributed by atoms with E-state index >= 15 is 0 Å². The van der Waals surface area contributed by atoms with Gasteiger partial charge in [0, 0.05) is 26.1 Å². The molecule has 0 unspecified atom stereocenters. The van der Waals surface area contributed by atoms with E-state index in [9.17, 15) is 4.79 Å². The van der Waals surface area contributed by atoms with Gasteiger partial charge in [-0.15, -0.1) is 0 Å². The lowest BCUT2D eigenvalue weighted by Crippen LogP contribution is -2.33. The maximum absolute atomic E-state index is 12.1. The second kappa shape index (κ2) is 6.75. The summed E-state index contributed by atoms with van der Waals surface area (Å²) < 4.78 is 10.8. The standard InChI is InChI=1S/C16H23NO3/c1-12-5-4-6-15(13(12)2)20-11-16(18)17-8-7-14(9-17)10-19-3/h4-6,14H,7-11H2,1-3H3/t14-/m0/s1. The van der Waals surface area contributed by atoms with Gasteiger partial charge in [-0.2, -0.15) is 0 Å². The number of carbonyl (C=O) groups is 1. The topological polar surface area (TPSA) is 38.8 Å². The number of amides is 1. The van der Waals surface area contributed by atoms with Gasteiger partial charge in [0.05, 0.1) is 6.61 Å². The molecule has 1 aliphatic rings. The van der Waals surface area contributed by atoms with Crippen molar-refractivity contribution in [3.05, 3.63) is 29.3 Å². The minimum Gasteiger partial charge on any atom is -0.483 e. The van der Waals surface area contributed by atoms with Gasteiger partial charge in [-0.25, -0.2) is 0 Å². The van der Waals surface area contributed by atoms with Crippen molar-refractivity contribution in [1.29, 1.82) is 0 Å². The third kappa shape index (κ3) is 3.51. The molecule has 0 aliphatic carbocycles. The molecule has 0 N–H and O–H groups in total. The van der Waals surface area contributed by atoms with E-state index in [-0.39, 0.29) is 12.5 Å². The maximum atomic E-state index is 12.1. The van der Waals surface area contributed by atoms with E-state index in [2.05, 4.69) is 0 Å². The summed E-state index contributed by atoms with van der Waals surface area (Å²) in [7, 11) is 1.70. The van der Waals surface area contributed by atoms with Crippen molar-refractivity contribution in [3.8, 4) is 5.75 Å². The van der Waals surface area contributed by atoms with Crippen molar-refractivity contribution in [3.63, 3.8) is 0 Å². The molecule has 1 heterocycles. The number of aryl methyl sites for hydroxylation is 1. The Bertz CT molecular complexity index is 473. The summed E-state index contributed by atoms with van der Waals surface area (Å²) >= 11 is 0. The Morgan fingerprint density at radius 3 is 2.95 bits per heavy atom. The van der Waals surface area contributed by atoms with Crippen LogP contribution in [0.2, 0.25) is 0 Å². The number of nitrogens with zero attached hydrogens (tertiary/aromatic N) is 1. The number of hydrogen-bond donors (Lipinski definition) is 0. The molecular formula is C16H23NO3. The van der Waals surface area contributed by atoms with Crippen molar-refractivity contribution in [1.82, 2.24) is 4.90 Å². The summed E-state index contributed by atoms with van der Waals surface area (Å²) in [6.07, 6.45) is 1.02. The molecule has 1 aromatic carbocycles. The summed E-state index contributed by atoms with van der Waals surface area (Å²) in [5, 5.41) is 0. The molecule has 0 spiro atoms. The fourth-order valence-corrected chi connectivity index (χ4v) is 2.54. The van der Waals surface area contributed by atoms with Gasteiger partial charge in [-0.05, 0) is 37.5 Å². The Balaban J connectivity index is 1.85. The van der Waals surface area contributed by atoms with Gasteiger partial charge in [0.2, 0.25) is 0 Å². The van der Waals surface area contributed by atoms with Crippen LogP contribution in [0.15, 0.2) is 18.2 Å². The van der Waals surface area contributed by atoms with Gasteiger partial charge < -0.3 is 14.4 Å². The molecule has 0 saturated carbocycles. The van der Waals surface area contributed by atoms with Crippen LogP contribution in [-0.4, -0.2) is 44.2 Å². The third-order valence-electron chi connectivity index (χ3n) is 3.95. The Labute approximate surface area is 120 Å². The number of rotatable bonds is 5. The molecule has 0 aromatic heterocycles. The van der Waals surface area contributed by atoms with Crippen LogP contribution in [0.5, 0.6) is 5.75 Å². The zero-order valence-corrected chi connectivity index (χ0v) is 12.5. The maximum Gasteiger partial charge on any atom is 0.260 e. The zero-order chi connectivity index (χ0) is 14.5. The highest BCUT2D eigenvalue weighted by Gasteiger charge is 2.26. The molecular weight excluding hydrogens is 254 g/mol. The minimum atomic E-state index is 0.0597. The number of hydrogen-bond acceptors (Lipinski definition) is 3. The van der Waals surface area contributed by atoms with Crippen molar-refractivity contribution in [2.24, 2.45) is 5.92 Å². The normalized spacial score (nSPS) is 18.4. The molecule has 1 amide bonds. The molecule has 1 atom stereocenters. The lowest BCUT2D eigenvalue weighted by Gasteiger charge is -2.17. The van der Waals surface area contributed by atoms with Gasteiger partial charge >= 0.3 is 0 Å². The first-order valence-corrected chi connectivity index (χ1v) is 7.07. The first-order valence-electron chi connectivity index (χ1n) is 7.07. The SMILES string of the molecule is COC[C@H]1CCN(C(=O)COc2cccc(C)c2C)C1. The van der Waals surface area contributed by atoms with Crippen molar-refractivity contribution >= 4 is 5.91 Å². The third-order valence-corrected chi connectivity index (χ3v) is 3.95. The first-order chi connectivity index (χ1) is 9.61. The van der Waals surface area contributed by atoms with Crippen LogP contribution in [0.4, 0.5) is 0 Å². The Morgan fingerprint density at radius 2 is 2.20 bits per heavy atom. The molecule has 1 fully saturated rings. The van der Waals surface area contributed by atoms with Gasteiger partial charge in [0.1, 0.15) is 5.75 Å². The lowest BCUT2D eigenvalue weighted by molar-refractivity contribution is -0.132. The van der Waals surface area contributed by atoms with Gasteiger partial charge in [0.15, 0.2) is 6.61 Å². The fraction of sp³-hybridized carbons (Fsp3) is 0.562. The highest BCUT2D eigenvalue weighted by Crippen LogP contribution is 2.21. The zero-order valence-electron chi connectivity index (χ0n) is 12.5. The smallest absolute Gasteiger partial charge is 0.260 e. The van der Waals surface area contributed by atoms with Crippen LogP contribution < -0.4 is 4.74 Å². The molecule has 2 rings (SSSR count). The number of benzene rings is 1. The number of likely N-dealkylation sites (tertiary alicyclic amines) is 1. The number of carbonyl (C=O) groups excluding carboxylic acids is 1. The highest BCUT2D eigenvalue weighted by molar-refractivity contribution is 5.78. The van der Waals surface area contributed by atoms with E-state index in [4.69, 9.17) is 9.47 Å². The highest BCUT2D eigenvalue weighted by atomic mass is 16.5. The predicted molar refractivity (Wildman–Crippen MR) is 78.0 cm³/mol. The molecule has 1 aliphatic heterocycles. The van der Waals surface area contributed by atoms with E-state index in [1.807, 2.05) is 36.9 Å². The largest absolute Gasteiger partial charge is 0.483 e. The Kier molecular flexibility index (Phi) is 5.01. The molecule has 0 radical (unpaired) electrons. The predicted octanol–water partition coefficient (Wildman–Crippen LogP) is 2.18. The molecule has 20 heavy (non-hydrogen) atoms. The molecule has 4 nitrogen and oxygen atoms in total. The van der Waals surface area contributed by atoms with E-state index in [0.717, 1.165) is 37.4 Å². The number of ether oxygens (including phenoxy) is 2. The minimum absolute atomic E-state index is 0.0597. The second-order valence-corrected chi connectivity index (χ2v) is 5.44. The van der Waals surface area contributed by atoms with Gasteiger partial charge in [-0.3, -0.25) is 4.79 Å². The summed E-state index contributed by atoms with van der Waals surface area (Å²) in [6, 6.07) is 5.90.